The Kier molecular flexibility index (Phi) is 8.65. The molecule has 0 aliphatic heterocycles. The molecule has 0 aliphatic rings. The molecule has 0 bridgehead atoms. The molecule has 0 aliphatic carbocycles. The van der Waals surface area contributed by atoms with Crippen LogP contribution in [0.4, 0.5) is 11.4 Å². The fourth-order valence-corrected chi connectivity index (χ4v) is 3.12. The van der Waals surface area contributed by atoms with Crippen molar-refractivity contribution in [2.75, 3.05) is 18.1 Å². The predicted molar refractivity (Wildman–Crippen MR) is 131 cm³/mol. The molecule has 0 heterocycles. The van der Waals surface area contributed by atoms with Crippen LogP contribution in [0.2, 0.25) is 0 Å². The Labute approximate surface area is 193 Å². The van der Waals surface area contributed by atoms with Gasteiger partial charge in [-0.05, 0) is 61.2 Å². The number of esters is 1. The Bertz CT molecular complexity index is 1090. The van der Waals surface area contributed by atoms with Crippen LogP contribution in [0.25, 0.3) is 6.08 Å². The van der Waals surface area contributed by atoms with Gasteiger partial charge in [-0.25, -0.2) is 0 Å². The zero-order valence-corrected chi connectivity index (χ0v) is 18.4. The summed E-state index contributed by atoms with van der Waals surface area (Å²) >= 11 is 0. The Hall–Kier alpha value is -4.06. The highest BCUT2D eigenvalue weighted by molar-refractivity contribution is 6.06. The first kappa shape index (κ1) is 23.6. The lowest BCUT2D eigenvalue weighted by Crippen LogP contribution is -2.09. The molecule has 3 rings (SSSR count). The minimum absolute atomic E-state index is 0.0308. The minimum atomic E-state index is -0.318. The van der Waals surface area contributed by atoms with E-state index in [2.05, 4.69) is 0 Å². The maximum atomic E-state index is 12.1. The van der Waals surface area contributed by atoms with Gasteiger partial charge in [0.25, 0.3) is 0 Å². The molecule has 6 nitrogen and oxygen atoms in total. The maximum absolute atomic E-state index is 12.1. The molecule has 3 aromatic rings. The van der Waals surface area contributed by atoms with Gasteiger partial charge < -0.3 is 20.9 Å². The molecule has 4 N–H and O–H groups in total. The van der Waals surface area contributed by atoms with Gasteiger partial charge in [-0.2, -0.15) is 0 Å². The highest BCUT2D eigenvalue weighted by atomic mass is 16.5. The minimum Gasteiger partial charge on any atom is -0.494 e. The Morgan fingerprint density at radius 1 is 0.848 bits per heavy atom. The summed E-state index contributed by atoms with van der Waals surface area (Å²) in [6.45, 7) is 0.557. The van der Waals surface area contributed by atoms with E-state index >= 15 is 0 Å². The number of allylic oxidation sites excluding steroid dienone is 1. The number of benzene rings is 3. The SMILES string of the molecule is Nc1ccc(OC(=O)CCCCCOc2ccc(C=CC(=O)c3ccccc3)cc2)c(N)c1. The van der Waals surface area contributed by atoms with Crippen LogP contribution in [0.5, 0.6) is 11.5 Å². The molecule has 0 saturated carbocycles. The van der Waals surface area contributed by atoms with Gasteiger partial charge in [0.2, 0.25) is 0 Å². The van der Waals surface area contributed by atoms with Crippen molar-refractivity contribution < 1.29 is 19.1 Å². The first-order valence-electron chi connectivity index (χ1n) is 10.9. The molecule has 33 heavy (non-hydrogen) atoms. The molecular formula is C27H28N2O4. The van der Waals surface area contributed by atoms with Crippen LogP contribution in [-0.2, 0) is 4.79 Å². The molecule has 0 radical (unpaired) electrons. The lowest BCUT2D eigenvalue weighted by Gasteiger charge is -2.08. The van der Waals surface area contributed by atoms with Crippen LogP contribution in [0, 0.1) is 0 Å². The summed E-state index contributed by atoms with van der Waals surface area (Å²) in [5, 5.41) is 0. The second kappa shape index (κ2) is 12.1. The number of carbonyl (C=O) groups excluding carboxylic acids is 2. The van der Waals surface area contributed by atoms with Gasteiger partial charge in [-0.1, -0.05) is 48.5 Å². The third-order valence-corrected chi connectivity index (χ3v) is 4.92. The molecule has 170 valence electrons. The monoisotopic (exact) mass is 444 g/mol. The molecule has 0 spiro atoms. The Morgan fingerprint density at radius 2 is 1.61 bits per heavy atom. The van der Waals surface area contributed by atoms with Crippen molar-refractivity contribution in [1.82, 2.24) is 0 Å². The second-order valence-electron chi connectivity index (χ2n) is 7.56. The van der Waals surface area contributed by atoms with Crippen LogP contribution < -0.4 is 20.9 Å². The van der Waals surface area contributed by atoms with E-state index in [0.29, 0.717) is 42.1 Å². The zero-order valence-electron chi connectivity index (χ0n) is 18.4. The van der Waals surface area contributed by atoms with E-state index in [9.17, 15) is 9.59 Å². The van der Waals surface area contributed by atoms with Crippen LogP contribution >= 0.6 is 0 Å². The molecule has 0 unspecified atom stereocenters. The zero-order chi connectivity index (χ0) is 23.5. The molecule has 0 amide bonds. The fourth-order valence-electron chi connectivity index (χ4n) is 3.12. The quantitative estimate of drug-likeness (QED) is 0.104. The third-order valence-electron chi connectivity index (χ3n) is 4.92. The normalized spacial score (nSPS) is 10.8. The molecule has 0 atom stereocenters. The second-order valence-corrected chi connectivity index (χ2v) is 7.56. The van der Waals surface area contributed by atoms with Gasteiger partial charge >= 0.3 is 5.97 Å². The third kappa shape index (κ3) is 7.85. The molecule has 0 fully saturated rings. The van der Waals surface area contributed by atoms with Crippen molar-refractivity contribution in [3.05, 3.63) is 90.0 Å². The summed E-state index contributed by atoms with van der Waals surface area (Å²) in [7, 11) is 0. The van der Waals surface area contributed by atoms with Crippen molar-refractivity contribution in [2.24, 2.45) is 0 Å². The average molecular weight is 445 g/mol. The van der Waals surface area contributed by atoms with Crippen molar-refractivity contribution in [1.29, 1.82) is 0 Å². The van der Waals surface area contributed by atoms with E-state index in [0.717, 1.165) is 24.2 Å². The number of ketones is 1. The lowest BCUT2D eigenvalue weighted by atomic mass is 10.1. The summed E-state index contributed by atoms with van der Waals surface area (Å²) < 4.78 is 11.0. The number of hydrogen-bond donors (Lipinski definition) is 2. The number of carbonyl (C=O) groups is 2. The smallest absolute Gasteiger partial charge is 0.311 e. The van der Waals surface area contributed by atoms with E-state index in [1.165, 1.54) is 0 Å². The number of unbranched alkanes of at least 4 members (excludes halogenated alkanes) is 2. The van der Waals surface area contributed by atoms with Crippen molar-refractivity contribution >= 4 is 29.2 Å². The summed E-state index contributed by atoms with van der Waals surface area (Å²) in [6.07, 6.45) is 6.04. The van der Waals surface area contributed by atoms with Crippen LogP contribution in [0.1, 0.15) is 41.6 Å². The Balaban J connectivity index is 1.32. The summed E-state index contributed by atoms with van der Waals surface area (Å²) in [5.74, 6) is 0.749. The molecule has 3 aromatic carbocycles. The number of hydrogen-bond acceptors (Lipinski definition) is 6. The Morgan fingerprint density at radius 3 is 2.33 bits per heavy atom. The van der Waals surface area contributed by atoms with Crippen LogP contribution in [-0.4, -0.2) is 18.4 Å². The van der Waals surface area contributed by atoms with E-state index in [1.807, 2.05) is 42.5 Å². The highest BCUT2D eigenvalue weighted by Crippen LogP contribution is 2.24. The molecule has 0 saturated heterocycles. The van der Waals surface area contributed by atoms with Crippen LogP contribution in [0.3, 0.4) is 0 Å². The van der Waals surface area contributed by atoms with Gasteiger partial charge in [-0.15, -0.1) is 0 Å². The standard InChI is InChI=1S/C27H28N2O4/c28-22-13-17-26(24(29)19-22)33-27(31)9-5-2-6-18-32-23-14-10-20(11-15-23)12-16-25(30)21-7-3-1-4-8-21/h1,3-4,7-8,10-17,19H,2,5-6,9,18,28-29H2. The van der Waals surface area contributed by atoms with Crippen LogP contribution in [0.15, 0.2) is 78.9 Å². The first-order valence-corrected chi connectivity index (χ1v) is 10.9. The first-order chi connectivity index (χ1) is 16.0. The van der Waals surface area contributed by atoms with Gasteiger partial charge in [0.05, 0.1) is 12.3 Å². The summed E-state index contributed by atoms with van der Waals surface area (Å²) in [5.41, 5.74) is 13.9. The van der Waals surface area contributed by atoms with Gasteiger partial charge in [0.15, 0.2) is 11.5 Å². The van der Waals surface area contributed by atoms with Crippen molar-refractivity contribution in [3.63, 3.8) is 0 Å². The summed E-state index contributed by atoms with van der Waals surface area (Å²) in [4.78, 5) is 24.1. The molecular weight excluding hydrogens is 416 g/mol. The molecule has 6 heteroatoms. The summed E-state index contributed by atoms with van der Waals surface area (Å²) in [6, 6.07) is 21.5. The van der Waals surface area contributed by atoms with E-state index < -0.39 is 0 Å². The number of anilines is 2. The largest absolute Gasteiger partial charge is 0.494 e. The van der Waals surface area contributed by atoms with Gasteiger partial charge in [-0.3, -0.25) is 9.59 Å². The van der Waals surface area contributed by atoms with Gasteiger partial charge in [0.1, 0.15) is 5.75 Å². The van der Waals surface area contributed by atoms with E-state index in [-0.39, 0.29) is 11.8 Å². The number of nitrogen functional groups attached to an aromatic ring is 2. The number of nitrogens with two attached hydrogens (primary N) is 2. The highest BCUT2D eigenvalue weighted by Gasteiger charge is 2.08. The number of rotatable bonds is 11. The molecule has 0 aromatic heterocycles. The van der Waals surface area contributed by atoms with Crippen molar-refractivity contribution in [2.45, 2.75) is 25.7 Å². The topological polar surface area (TPSA) is 105 Å². The number of ether oxygens (including phenoxy) is 2. The van der Waals surface area contributed by atoms with E-state index in [1.54, 1.807) is 42.5 Å². The average Bonchev–Trinajstić information content (AvgIpc) is 2.83. The maximum Gasteiger partial charge on any atom is 0.311 e. The van der Waals surface area contributed by atoms with Gasteiger partial charge in [0, 0.05) is 17.7 Å². The fraction of sp³-hybridized carbons (Fsp3) is 0.185. The van der Waals surface area contributed by atoms with E-state index in [4.69, 9.17) is 20.9 Å². The van der Waals surface area contributed by atoms with Crippen molar-refractivity contribution in [3.8, 4) is 11.5 Å². The predicted octanol–water partition coefficient (Wildman–Crippen LogP) is 5.29. The lowest BCUT2D eigenvalue weighted by molar-refractivity contribution is -0.134.